The van der Waals surface area contributed by atoms with Gasteiger partial charge in [0.1, 0.15) is 4.83 Å². The molecule has 0 amide bonds. The minimum atomic E-state index is -0.246. The highest BCUT2D eigenvalue weighted by Gasteiger charge is 2.13. The van der Waals surface area contributed by atoms with Crippen LogP contribution in [0.3, 0.4) is 0 Å². The highest BCUT2D eigenvalue weighted by atomic mass is 32.1. The molecule has 2 heterocycles. The van der Waals surface area contributed by atoms with E-state index in [9.17, 15) is 9.59 Å². The molecule has 0 saturated heterocycles. The highest BCUT2D eigenvalue weighted by molar-refractivity contribution is 7.71. The second kappa shape index (κ2) is 6.53. The smallest absolute Gasteiger partial charge is 0.305 e. The summed E-state index contributed by atoms with van der Waals surface area (Å²) in [5, 5.41) is 0.697. The van der Waals surface area contributed by atoms with Crippen molar-refractivity contribution in [2.75, 3.05) is 6.61 Å². The summed E-state index contributed by atoms with van der Waals surface area (Å²) in [6.07, 6.45) is 0.818. The molecule has 7 heteroatoms. The molecule has 0 atom stereocenters. The molecular weight excluding hydrogens is 308 g/mol. The minimum Gasteiger partial charge on any atom is -0.466 e. The third kappa shape index (κ3) is 3.24. The molecule has 5 nitrogen and oxygen atoms in total. The summed E-state index contributed by atoms with van der Waals surface area (Å²) in [5.41, 5.74) is 0.907. The van der Waals surface area contributed by atoms with Gasteiger partial charge in [0.2, 0.25) is 0 Å². The number of ether oxygens (including phenoxy) is 1. The maximum atomic E-state index is 12.6. The van der Waals surface area contributed by atoms with E-state index in [2.05, 4.69) is 4.98 Å². The normalized spacial score (nSPS) is 11.0. The molecule has 114 valence electrons. The maximum Gasteiger partial charge on any atom is 0.305 e. The van der Waals surface area contributed by atoms with E-state index in [1.54, 1.807) is 18.3 Å². The largest absolute Gasteiger partial charge is 0.466 e. The second-order valence-corrected chi connectivity index (χ2v) is 6.39. The van der Waals surface area contributed by atoms with Crippen molar-refractivity contribution in [3.8, 4) is 0 Å². The number of aromatic amines is 1. The second-order valence-electron chi connectivity index (χ2n) is 4.78. The Hall–Kier alpha value is -1.47. The number of H-pyrrole nitrogens is 1. The Kier molecular flexibility index (Phi) is 4.95. The fourth-order valence-electron chi connectivity index (χ4n) is 2.18. The van der Waals surface area contributed by atoms with Gasteiger partial charge in [0.15, 0.2) is 4.77 Å². The Labute approximate surface area is 131 Å². The molecule has 2 aromatic heterocycles. The fourth-order valence-corrected chi connectivity index (χ4v) is 3.57. The first-order valence-corrected chi connectivity index (χ1v) is 8.06. The average Bonchev–Trinajstić information content (AvgIpc) is 2.69. The van der Waals surface area contributed by atoms with Crippen molar-refractivity contribution in [1.82, 2.24) is 9.55 Å². The Morgan fingerprint density at radius 1 is 1.43 bits per heavy atom. The number of fused-ring (bicyclic) bond motifs is 1. The number of esters is 1. The lowest BCUT2D eigenvalue weighted by atomic mass is 10.2. The number of aromatic nitrogens is 2. The van der Waals surface area contributed by atoms with Crippen LogP contribution in [0.1, 0.15) is 30.2 Å². The van der Waals surface area contributed by atoms with E-state index in [0.717, 1.165) is 15.3 Å². The molecular formula is C14H18N2O3S2. The zero-order valence-corrected chi connectivity index (χ0v) is 13.9. The van der Waals surface area contributed by atoms with Crippen LogP contribution in [0.25, 0.3) is 10.2 Å². The van der Waals surface area contributed by atoms with Gasteiger partial charge in [0.05, 0.1) is 12.0 Å². The quantitative estimate of drug-likeness (QED) is 0.677. The lowest BCUT2D eigenvalue weighted by molar-refractivity contribution is -0.143. The Balaban J connectivity index is 2.28. The van der Waals surface area contributed by atoms with Crippen LogP contribution in [0.4, 0.5) is 0 Å². The number of nitrogens with zero attached hydrogens (tertiary/aromatic N) is 1. The molecule has 1 N–H and O–H groups in total. The van der Waals surface area contributed by atoms with Gasteiger partial charge in [-0.1, -0.05) is 0 Å². The standard InChI is InChI=1S/C14H18N2O3S2/c1-4-19-10(17)6-5-7-16-13(18)11-8(2)9(3)21-12(11)15-14(16)20/h4-7H2,1-3H3,(H,15,20). The summed E-state index contributed by atoms with van der Waals surface area (Å²) in [6, 6.07) is 0. The predicted octanol–water partition coefficient (Wildman–Crippen LogP) is 3.08. The fraction of sp³-hybridized carbons (Fsp3) is 0.500. The van der Waals surface area contributed by atoms with Crippen LogP contribution >= 0.6 is 23.6 Å². The first kappa shape index (κ1) is 15.9. The SMILES string of the molecule is CCOC(=O)CCCn1c(=S)[nH]c2sc(C)c(C)c2c1=O. The van der Waals surface area contributed by atoms with Gasteiger partial charge in [-0.25, -0.2) is 0 Å². The Morgan fingerprint density at radius 2 is 2.14 bits per heavy atom. The predicted molar refractivity (Wildman–Crippen MR) is 86.6 cm³/mol. The molecule has 0 radical (unpaired) electrons. The van der Waals surface area contributed by atoms with Crippen molar-refractivity contribution >= 4 is 39.7 Å². The molecule has 0 aliphatic carbocycles. The zero-order valence-electron chi connectivity index (χ0n) is 12.3. The summed E-state index contributed by atoms with van der Waals surface area (Å²) in [7, 11) is 0. The number of thiophene rings is 1. The first-order valence-electron chi connectivity index (χ1n) is 6.84. The molecule has 0 saturated carbocycles. The van der Waals surface area contributed by atoms with Gasteiger partial charge in [-0.3, -0.25) is 14.2 Å². The van der Waals surface area contributed by atoms with Crippen molar-refractivity contribution in [3.63, 3.8) is 0 Å². The van der Waals surface area contributed by atoms with Crippen LogP contribution in [0.2, 0.25) is 0 Å². The van der Waals surface area contributed by atoms with Crippen LogP contribution in [0.15, 0.2) is 4.79 Å². The van der Waals surface area contributed by atoms with E-state index < -0.39 is 0 Å². The molecule has 2 rings (SSSR count). The van der Waals surface area contributed by atoms with E-state index in [-0.39, 0.29) is 17.9 Å². The lowest BCUT2D eigenvalue weighted by Gasteiger charge is -2.06. The molecule has 21 heavy (non-hydrogen) atoms. The number of nitrogens with one attached hydrogen (secondary N) is 1. The lowest BCUT2D eigenvalue weighted by Crippen LogP contribution is -2.22. The molecule has 0 aliphatic rings. The van der Waals surface area contributed by atoms with E-state index in [0.29, 0.717) is 29.7 Å². The molecule has 2 aromatic rings. The van der Waals surface area contributed by atoms with Crippen molar-refractivity contribution in [3.05, 3.63) is 25.6 Å². The van der Waals surface area contributed by atoms with Gasteiger partial charge in [0, 0.05) is 17.8 Å². The number of carbonyl (C=O) groups excluding carboxylic acids is 1. The topological polar surface area (TPSA) is 64.1 Å². The van der Waals surface area contributed by atoms with Crippen LogP contribution in [0.5, 0.6) is 0 Å². The van der Waals surface area contributed by atoms with Crippen molar-refractivity contribution in [2.45, 2.75) is 40.2 Å². The van der Waals surface area contributed by atoms with E-state index in [1.807, 2.05) is 13.8 Å². The summed E-state index contributed by atoms with van der Waals surface area (Å²) in [4.78, 5) is 28.9. The van der Waals surface area contributed by atoms with E-state index >= 15 is 0 Å². The van der Waals surface area contributed by atoms with Crippen molar-refractivity contribution in [1.29, 1.82) is 0 Å². The van der Waals surface area contributed by atoms with E-state index in [4.69, 9.17) is 17.0 Å². The number of hydrogen-bond donors (Lipinski definition) is 1. The van der Waals surface area contributed by atoms with E-state index in [1.165, 1.54) is 4.57 Å². The zero-order chi connectivity index (χ0) is 15.6. The third-order valence-electron chi connectivity index (χ3n) is 3.38. The van der Waals surface area contributed by atoms with Gasteiger partial charge in [0.25, 0.3) is 5.56 Å². The summed E-state index contributed by atoms with van der Waals surface area (Å²) in [5.74, 6) is -0.246. The number of aryl methyl sites for hydroxylation is 2. The third-order valence-corrected chi connectivity index (χ3v) is 4.82. The summed E-state index contributed by atoms with van der Waals surface area (Å²) >= 11 is 6.79. The van der Waals surface area contributed by atoms with Crippen LogP contribution in [-0.4, -0.2) is 22.1 Å². The van der Waals surface area contributed by atoms with Crippen molar-refractivity contribution in [2.24, 2.45) is 0 Å². The van der Waals surface area contributed by atoms with Gasteiger partial charge in [-0.2, -0.15) is 0 Å². The van der Waals surface area contributed by atoms with Crippen LogP contribution in [-0.2, 0) is 16.1 Å². The first-order chi connectivity index (χ1) is 9.95. The van der Waals surface area contributed by atoms with Crippen LogP contribution < -0.4 is 5.56 Å². The average molecular weight is 326 g/mol. The minimum absolute atomic E-state index is 0.0838. The Bertz CT molecular complexity index is 786. The summed E-state index contributed by atoms with van der Waals surface area (Å²) < 4.78 is 6.80. The molecule has 0 fully saturated rings. The van der Waals surface area contributed by atoms with Gasteiger partial charge in [-0.15, -0.1) is 11.3 Å². The monoisotopic (exact) mass is 326 g/mol. The molecule has 0 aromatic carbocycles. The molecule has 0 aliphatic heterocycles. The molecule has 0 bridgehead atoms. The number of carbonyl (C=O) groups is 1. The number of hydrogen-bond acceptors (Lipinski definition) is 5. The van der Waals surface area contributed by atoms with Gasteiger partial charge in [-0.05, 0) is 45.0 Å². The maximum absolute atomic E-state index is 12.6. The number of rotatable bonds is 5. The molecule has 0 unspecified atom stereocenters. The highest BCUT2D eigenvalue weighted by Crippen LogP contribution is 2.25. The molecule has 0 spiro atoms. The van der Waals surface area contributed by atoms with Crippen LogP contribution in [0, 0.1) is 18.6 Å². The summed E-state index contributed by atoms with van der Waals surface area (Å²) in [6.45, 7) is 6.49. The Morgan fingerprint density at radius 3 is 2.81 bits per heavy atom. The van der Waals surface area contributed by atoms with Gasteiger partial charge >= 0.3 is 5.97 Å². The van der Waals surface area contributed by atoms with Crippen molar-refractivity contribution < 1.29 is 9.53 Å². The van der Waals surface area contributed by atoms with Gasteiger partial charge < -0.3 is 9.72 Å².